The maximum Gasteiger partial charge on any atom is 0.271 e. The van der Waals surface area contributed by atoms with Gasteiger partial charge in [-0.15, -0.1) is 11.3 Å². The first-order valence-electron chi connectivity index (χ1n) is 10.3. The van der Waals surface area contributed by atoms with E-state index in [4.69, 9.17) is 9.47 Å². The summed E-state index contributed by atoms with van der Waals surface area (Å²) in [5, 5.41) is 2.92. The summed E-state index contributed by atoms with van der Waals surface area (Å²) in [4.78, 5) is 32.4. The third kappa shape index (κ3) is 3.35. The number of nitrogens with zero attached hydrogens (tertiary/aromatic N) is 2. The van der Waals surface area contributed by atoms with Crippen molar-refractivity contribution in [1.29, 1.82) is 0 Å². The van der Waals surface area contributed by atoms with Crippen LogP contribution in [0.15, 0.2) is 29.2 Å². The normalized spacial score (nSPS) is 16.6. The van der Waals surface area contributed by atoms with Crippen molar-refractivity contribution in [2.24, 2.45) is 0 Å². The summed E-state index contributed by atoms with van der Waals surface area (Å²) >= 11 is 1.57. The van der Waals surface area contributed by atoms with Crippen molar-refractivity contribution in [1.82, 2.24) is 14.7 Å². The summed E-state index contributed by atoms with van der Waals surface area (Å²) in [6, 6.07) is 5.31. The molecule has 0 fully saturated rings. The van der Waals surface area contributed by atoms with Crippen molar-refractivity contribution in [2.75, 3.05) is 13.2 Å². The van der Waals surface area contributed by atoms with Crippen LogP contribution in [0.1, 0.15) is 58.7 Å². The van der Waals surface area contributed by atoms with Crippen molar-refractivity contribution in [2.45, 2.75) is 45.1 Å². The Bertz CT molecular complexity index is 1180. The molecule has 1 aromatic carbocycles. The second-order valence-electron chi connectivity index (χ2n) is 7.73. The molecule has 1 amide bonds. The fraction of sp³-hybridized carbons (Fsp3) is 0.409. The second kappa shape index (κ2) is 7.75. The Kier molecular flexibility index (Phi) is 4.94. The molecule has 0 bridgehead atoms. The highest BCUT2D eigenvalue weighted by Gasteiger charge is 2.22. The van der Waals surface area contributed by atoms with E-state index in [0.717, 1.165) is 43.4 Å². The van der Waals surface area contributed by atoms with Crippen molar-refractivity contribution < 1.29 is 14.3 Å². The molecular formula is C22H23N3O4S. The lowest BCUT2D eigenvalue weighted by atomic mass is 10.1. The van der Waals surface area contributed by atoms with Gasteiger partial charge < -0.3 is 14.8 Å². The summed E-state index contributed by atoms with van der Waals surface area (Å²) < 4.78 is 12.8. The Morgan fingerprint density at radius 1 is 1.17 bits per heavy atom. The number of amides is 1. The maximum atomic E-state index is 13.2. The van der Waals surface area contributed by atoms with Gasteiger partial charge >= 0.3 is 0 Å². The van der Waals surface area contributed by atoms with E-state index in [1.54, 1.807) is 15.7 Å². The zero-order chi connectivity index (χ0) is 20.7. The van der Waals surface area contributed by atoms with Crippen LogP contribution in [0.2, 0.25) is 0 Å². The molecule has 8 heteroatoms. The number of thiazole rings is 1. The molecule has 3 heterocycles. The number of carbonyl (C=O) groups is 1. The molecule has 1 N–H and O–H groups in total. The Morgan fingerprint density at radius 3 is 2.83 bits per heavy atom. The van der Waals surface area contributed by atoms with Crippen LogP contribution in [0.4, 0.5) is 0 Å². The highest BCUT2D eigenvalue weighted by Crippen LogP contribution is 2.32. The molecule has 0 saturated carbocycles. The van der Waals surface area contributed by atoms with Crippen molar-refractivity contribution in [3.63, 3.8) is 0 Å². The van der Waals surface area contributed by atoms with Gasteiger partial charge in [-0.3, -0.25) is 14.0 Å². The second-order valence-corrected chi connectivity index (χ2v) is 8.79. The largest absolute Gasteiger partial charge is 0.486 e. The molecule has 1 atom stereocenters. The number of ether oxygens (including phenoxy) is 2. The Morgan fingerprint density at radius 2 is 1.97 bits per heavy atom. The first kappa shape index (κ1) is 19.1. The van der Waals surface area contributed by atoms with E-state index >= 15 is 0 Å². The summed E-state index contributed by atoms with van der Waals surface area (Å²) in [5.74, 6) is 0.955. The predicted molar refractivity (Wildman–Crippen MR) is 114 cm³/mol. The number of nitrogens with one attached hydrogen (secondary N) is 1. The lowest BCUT2D eigenvalue weighted by Crippen LogP contribution is -2.33. The van der Waals surface area contributed by atoms with Crippen molar-refractivity contribution in [3.8, 4) is 11.5 Å². The smallest absolute Gasteiger partial charge is 0.271 e. The number of hydrogen-bond donors (Lipinski definition) is 1. The van der Waals surface area contributed by atoms with E-state index in [0.29, 0.717) is 29.7 Å². The molecule has 5 rings (SSSR count). The molecule has 0 radical (unpaired) electrons. The van der Waals surface area contributed by atoms with Gasteiger partial charge in [0.2, 0.25) is 0 Å². The van der Waals surface area contributed by atoms with E-state index < -0.39 is 5.91 Å². The van der Waals surface area contributed by atoms with E-state index in [9.17, 15) is 9.59 Å². The van der Waals surface area contributed by atoms with Crippen LogP contribution < -0.4 is 20.3 Å². The number of aromatic nitrogens is 2. The molecule has 7 nitrogen and oxygen atoms in total. The van der Waals surface area contributed by atoms with Gasteiger partial charge in [0.25, 0.3) is 11.5 Å². The number of aryl methyl sites for hydroxylation is 2. The minimum atomic E-state index is -0.419. The first-order chi connectivity index (χ1) is 14.6. The zero-order valence-electron chi connectivity index (χ0n) is 16.8. The van der Waals surface area contributed by atoms with Crippen LogP contribution in [0.3, 0.4) is 0 Å². The van der Waals surface area contributed by atoms with Gasteiger partial charge in [0, 0.05) is 16.8 Å². The summed E-state index contributed by atoms with van der Waals surface area (Å²) in [5.41, 5.74) is 1.69. The lowest BCUT2D eigenvalue weighted by Gasteiger charge is -2.21. The average Bonchev–Trinajstić information content (AvgIpc) is 2.96. The van der Waals surface area contributed by atoms with Crippen LogP contribution in [-0.4, -0.2) is 28.5 Å². The number of rotatable bonds is 3. The Hall–Kier alpha value is -2.87. The van der Waals surface area contributed by atoms with Crippen LogP contribution >= 0.6 is 11.3 Å². The number of fused-ring (bicyclic) bond motifs is 4. The SMILES string of the molecule is C[C@@H](NC(=O)c1cnc2sc3c(n2c1=O)CCCCC3)c1ccc2c(c1)OCCO2. The summed E-state index contributed by atoms with van der Waals surface area (Å²) in [6.45, 7) is 2.92. The molecule has 1 aliphatic heterocycles. The molecule has 3 aromatic rings. The van der Waals surface area contributed by atoms with Gasteiger partial charge in [-0.2, -0.15) is 0 Å². The van der Waals surface area contributed by atoms with Crippen LogP contribution in [0.5, 0.6) is 11.5 Å². The molecule has 30 heavy (non-hydrogen) atoms. The van der Waals surface area contributed by atoms with Crippen molar-refractivity contribution in [3.05, 3.63) is 56.4 Å². The highest BCUT2D eigenvalue weighted by molar-refractivity contribution is 7.17. The quantitative estimate of drug-likeness (QED) is 0.651. The molecule has 1 aliphatic carbocycles. The number of benzene rings is 1. The van der Waals surface area contributed by atoms with E-state index in [-0.39, 0.29) is 17.2 Å². The fourth-order valence-corrected chi connectivity index (χ4v) is 5.26. The molecule has 2 aliphatic rings. The van der Waals surface area contributed by atoms with E-state index in [1.807, 2.05) is 25.1 Å². The van der Waals surface area contributed by atoms with Gasteiger partial charge in [-0.1, -0.05) is 12.5 Å². The van der Waals surface area contributed by atoms with Gasteiger partial charge in [-0.25, -0.2) is 4.98 Å². The number of carbonyl (C=O) groups excluding carboxylic acids is 1. The van der Waals surface area contributed by atoms with Gasteiger partial charge in [0.1, 0.15) is 18.8 Å². The third-order valence-corrected chi connectivity index (χ3v) is 6.87. The van der Waals surface area contributed by atoms with Gasteiger partial charge in [0.05, 0.1) is 6.04 Å². The van der Waals surface area contributed by atoms with Gasteiger partial charge in [-0.05, 0) is 50.3 Å². The fourth-order valence-electron chi connectivity index (χ4n) is 4.09. The minimum Gasteiger partial charge on any atom is -0.486 e. The van der Waals surface area contributed by atoms with Crippen LogP contribution in [0.25, 0.3) is 4.96 Å². The monoisotopic (exact) mass is 425 g/mol. The molecular weight excluding hydrogens is 402 g/mol. The summed E-state index contributed by atoms with van der Waals surface area (Å²) in [7, 11) is 0. The van der Waals surface area contributed by atoms with Crippen LogP contribution in [0, 0.1) is 0 Å². The maximum absolute atomic E-state index is 13.2. The summed E-state index contributed by atoms with van der Waals surface area (Å²) in [6.07, 6.45) is 6.59. The van der Waals surface area contributed by atoms with Gasteiger partial charge in [0.15, 0.2) is 16.5 Å². The third-order valence-electron chi connectivity index (χ3n) is 5.71. The average molecular weight is 426 g/mol. The highest BCUT2D eigenvalue weighted by atomic mass is 32.1. The molecule has 2 aromatic heterocycles. The predicted octanol–water partition coefficient (Wildman–Crippen LogP) is 3.29. The van der Waals surface area contributed by atoms with E-state index in [2.05, 4.69) is 10.3 Å². The lowest BCUT2D eigenvalue weighted by molar-refractivity contribution is 0.0937. The van der Waals surface area contributed by atoms with E-state index in [1.165, 1.54) is 11.1 Å². The standard InChI is InChI=1S/C22H23N3O4S/c1-13(14-7-8-17-18(11-14)29-10-9-28-17)24-20(26)15-12-23-22-25(21(15)27)16-5-3-2-4-6-19(16)30-22/h7-8,11-13H,2-6,9-10H2,1H3,(H,24,26)/t13-/m1/s1. The Balaban J connectivity index is 1.43. The first-order valence-corrected chi connectivity index (χ1v) is 11.2. The van der Waals surface area contributed by atoms with Crippen molar-refractivity contribution >= 4 is 22.2 Å². The zero-order valence-corrected chi connectivity index (χ0v) is 17.6. The topological polar surface area (TPSA) is 81.9 Å². The molecule has 0 saturated heterocycles. The Labute approximate surface area is 177 Å². The van der Waals surface area contributed by atoms with Crippen LogP contribution in [-0.2, 0) is 12.8 Å². The number of hydrogen-bond acceptors (Lipinski definition) is 6. The molecule has 156 valence electrons. The minimum absolute atomic E-state index is 0.0711. The molecule has 0 unspecified atom stereocenters. The molecule has 0 spiro atoms.